The van der Waals surface area contributed by atoms with E-state index in [0.29, 0.717) is 17.7 Å². The lowest BCUT2D eigenvalue weighted by molar-refractivity contribution is -0.127. The summed E-state index contributed by atoms with van der Waals surface area (Å²) in [5, 5.41) is 0. The number of nitrogens with two attached hydrogens (primary N) is 1. The summed E-state index contributed by atoms with van der Waals surface area (Å²) < 4.78 is 5.77. The Morgan fingerprint density at radius 1 is 1.35 bits per heavy atom. The summed E-state index contributed by atoms with van der Waals surface area (Å²) in [6.45, 7) is 6.24. The largest absolute Gasteiger partial charge is 0.384 e. The first-order chi connectivity index (χ1) is 8.01. The van der Waals surface area contributed by atoms with Crippen molar-refractivity contribution in [2.45, 2.75) is 33.1 Å². The topological polar surface area (TPSA) is 67.9 Å². The fourth-order valence-corrected chi connectivity index (χ4v) is 1.91. The maximum absolute atomic E-state index is 11.1. The smallest absolute Gasteiger partial charge is 0.215 e. The lowest BCUT2D eigenvalue weighted by Gasteiger charge is -2.24. The number of carbonyl (C=O) groups is 1. The van der Waals surface area contributed by atoms with Crippen molar-refractivity contribution >= 4 is 12.2 Å². The van der Waals surface area contributed by atoms with Crippen molar-refractivity contribution in [3.63, 3.8) is 0 Å². The minimum Gasteiger partial charge on any atom is -0.384 e. The Balaban J connectivity index is 2.75. The molecule has 0 radical (unpaired) electrons. The summed E-state index contributed by atoms with van der Waals surface area (Å²) in [5.74, 6) is 1.09. The van der Waals surface area contributed by atoms with E-state index in [4.69, 9.17) is 10.5 Å². The Morgan fingerprint density at radius 3 is 2.41 bits per heavy atom. The number of hydrogen-bond acceptors (Lipinski definition) is 3. The van der Waals surface area contributed by atoms with Crippen molar-refractivity contribution in [3.8, 4) is 0 Å². The molecule has 5 nitrogen and oxygen atoms in total. The summed E-state index contributed by atoms with van der Waals surface area (Å²) in [6.07, 6.45) is 3.89. The summed E-state index contributed by atoms with van der Waals surface area (Å²) in [7, 11) is 1.60. The van der Waals surface area contributed by atoms with Crippen molar-refractivity contribution < 1.29 is 9.53 Å². The third-order valence-corrected chi connectivity index (χ3v) is 3.46. The van der Waals surface area contributed by atoms with Gasteiger partial charge in [0.05, 0.1) is 6.10 Å². The van der Waals surface area contributed by atoms with Crippen LogP contribution < -0.4 is 5.73 Å². The van der Waals surface area contributed by atoms with Crippen molar-refractivity contribution in [1.29, 1.82) is 0 Å². The van der Waals surface area contributed by atoms with Gasteiger partial charge in [-0.05, 0) is 18.9 Å². The number of nitrogens with zero attached hydrogens (tertiary/aromatic N) is 2. The second-order valence-corrected chi connectivity index (χ2v) is 4.47. The average Bonchev–Trinajstić information content (AvgIpc) is 2.58. The van der Waals surface area contributed by atoms with Crippen LogP contribution in [0.2, 0.25) is 0 Å². The first kappa shape index (κ1) is 13.7. The molecule has 1 aliphatic rings. The highest BCUT2D eigenvalue weighted by atomic mass is 16.5. The molecule has 17 heavy (non-hydrogen) atoms. The molecular formula is C12H21N3O2. The molecule has 1 heterocycles. The molecule has 0 aliphatic carbocycles. The van der Waals surface area contributed by atoms with Crippen LogP contribution >= 0.6 is 0 Å². The van der Waals surface area contributed by atoms with Crippen LogP contribution in [0.3, 0.4) is 0 Å². The third kappa shape index (κ3) is 3.06. The molecule has 1 amide bonds. The average molecular weight is 239 g/mol. The molecular weight excluding hydrogens is 218 g/mol. The van der Waals surface area contributed by atoms with Crippen LogP contribution in [0.15, 0.2) is 17.3 Å². The second kappa shape index (κ2) is 5.82. The van der Waals surface area contributed by atoms with Gasteiger partial charge in [-0.1, -0.05) is 13.8 Å². The minimum atomic E-state index is -0.224. The van der Waals surface area contributed by atoms with E-state index in [1.54, 1.807) is 19.3 Å². The first-order valence-corrected chi connectivity index (χ1v) is 5.80. The number of amidine groups is 1. The van der Waals surface area contributed by atoms with E-state index in [0.717, 1.165) is 6.41 Å². The number of aliphatic imine (C=N–C) groups is 1. The highest BCUT2D eigenvalue weighted by Crippen LogP contribution is 2.33. The van der Waals surface area contributed by atoms with E-state index in [1.807, 2.05) is 6.92 Å². The Morgan fingerprint density at radius 2 is 2.00 bits per heavy atom. The fourth-order valence-electron chi connectivity index (χ4n) is 1.91. The van der Waals surface area contributed by atoms with Crippen LogP contribution in [0.25, 0.3) is 0 Å². The molecule has 4 atom stereocenters. The van der Waals surface area contributed by atoms with E-state index in [9.17, 15) is 4.79 Å². The van der Waals surface area contributed by atoms with E-state index >= 15 is 0 Å². The Kier molecular flexibility index (Phi) is 4.69. The molecule has 1 rings (SSSR count). The molecule has 0 spiro atoms. The summed E-state index contributed by atoms with van der Waals surface area (Å²) in [5.41, 5.74) is 5.54. The van der Waals surface area contributed by atoms with Gasteiger partial charge in [0.1, 0.15) is 12.1 Å². The van der Waals surface area contributed by atoms with Gasteiger partial charge in [-0.2, -0.15) is 0 Å². The molecule has 0 bridgehead atoms. The number of ether oxygens (including phenoxy) is 1. The fraction of sp³-hybridized carbons (Fsp3) is 0.667. The van der Waals surface area contributed by atoms with Crippen molar-refractivity contribution in [2.75, 3.05) is 7.05 Å². The van der Waals surface area contributed by atoms with Gasteiger partial charge >= 0.3 is 0 Å². The van der Waals surface area contributed by atoms with Gasteiger partial charge in [-0.3, -0.25) is 14.7 Å². The molecule has 96 valence electrons. The van der Waals surface area contributed by atoms with Gasteiger partial charge in [0, 0.05) is 19.2 Å². The lowest BCUT2D eigenvalue weighted by atomic mass is 9.93. The third-order valence-electron chi connectivity index (χ3n) is 3.46. The van der Waals surface area contributed by atoms with Gasteiger partial charge < -0.3 is 10.5 Å². The molecule has 4 unspecified atom stereocenters. The van der Waals surface area contributed by atoms with Crippen LogP contribution in [0.4, 0.5) is 0 Å². The standard InChI is InChI=1S/C12H21N3O2/c1-8-9(2)12(17-10(8)3)15(7-16)6-5-11(13)14-4/h5-10,12H,1-4H3,(H2,13,14)/b6-5-. The van der Waals surface area contributed by atoms with Gasteiger partial charge in [-0.15, -0.1) is 0 Å². The molecule has 1 aliphatic heterocycles. The summed E-state index contributed by atoms with van der Waals surface area (Å²) in [6, 6.07) is 0. The first-order valence-electron chi connectivity index (χ1n) is 5.80. The van der Waals surface area contributed by atoms with Gasteiger partial charge in [-0.25, -0.2) is 0 Å². The quantitative estimate of drug-likeness (QED) is 0.451. The van der Waals surface area contributed by atoms with E-state index < -0.39 is 0 Å². The molecule has 1 saturated heterocycles. The van der Waals surface area contributed by atoms with Crippen LogP contribution in [0.5, 0.6) is 0 Å². The minimum absolute atomic E-state index is 0.156. The van der Waals surface area contributed by atoms with E-state index in [-0.39, 0.29) is 12.3 Å². The molecule has 0 aromatic carbocycles. The molecule has 0 aromatic heterocycles. The van der Waals surface area contributed by atoms with Crippen molar-refractivity contribution in [1.82, 2.24) is 4.90 Å². The molecule has 1 fully saturated rings. The second-order valence-electron chi connectivity index (χ2n) is 4.47. The van der Waals surface area contributed by atoms with Crippen molar-refractivity contribution in [3.05, 3.63) is 12.3 Å². The lowest BCUT2D eigenvalue weighted by Crippen LogP contribution is -2.34. The normalized spacial score (nSPS) is 34.2. The Bertz CT molecular complexity index is 328. The number of amides is 1. The highest BCUT2D eigenvalue weighted by Gasteiger charge is 2.38. The zero-order chi connectivity index (χ0) is 13.0. The highest BCUT2D eigenvalue weighted by molar-refractivity contribution is 5.91. The van der Waals surface area contributed by atoms with E-state index in [1.165, 1.54) is 4.90 Å². The zero-order valence-corrected chi connectivity index (χ0v) is 10.8. The number of hydrogen-bond donors (Lipinski definition) is 1. The monoisotopic (exact) mass is 239 g/mol. The van der Waals surface area contributed by atoms with Crippen LogP contribution in [-0.4, -0.2) is 36.5 Å². The Hall–Kier alpha value is -1.36. The summed E-state index contributed by atoms with van der Waals surface area (Å²) >= 11 is 0. The number of carbonyl (C=O) groups excluding carboxylic acids is 1. The molecule has 0 aromatic rings. The van der Waals surface area contributed by atoms with Gasteiger partial charge in [0.2, 0.25) is 6.41 Å². The predicted octanol–water partition coefficient (Wildman–Crippen LogP) is 0.962. The van der Waals surface area contributed by atoms with Crippen molar-refractivity contribution in [2.24, 2.45) is 22.6 Å². The maximum Gasteiger partial charge on any atom is 0.215 e. The molecule has 5 heteroatoms. The summed E-state index contributed by atoms with van der Waals surface area (Å²) in [4.78, 5) is 16.4. The van der Waals surface area contributed by atoms with Crippen LogP contribution in [0.1, 0.15) is 20.8 Å². The SMILES string of the molecule is C/N=C(N)\C=C/N(C=O)C1OC(C)C(C)C1C. The predicted molar refractivity (Wildman–Crippen MR) is 67.3 cm³/mol. The number of rotatable bonds is 4. The van der Waals surface area contributed by atoms with Crippen LogP contribution in [-0.2, 0) is 9.53 Å². The van der Waals surface area contributed by atoms with Gasteiger partial charge in [0.25, 0.3) is 0 Å². The van der Waals surface area contributed by atoms with Gasteiger partial charge in [0.15, 0.2) is 0 Å². The molecule has 0 saturated carbocycles. The van der Waals surface area contributed by atoms with Crippen LogP contribution in [0, 0.1) is 11.8 Å². The Labute approximate surface area is 102 Å². The van der Waals surface area contributed by atoms with E-state index in [2.05, 4.69) is 18.8 Å². The zero-order valence-electron chi connectivity index (χ0n) is 10.8. The molecule has 2 N–H and O–H groups in total. The maximum atomic E-state index is 11.1.